The van der Waals surface area contributed by atoms with Crippen LogP contribution in [0.25, 0.3) is 0 Å². The number of pyridine rings is 1. The molecule has 1 aliphatic rings. The molecule has 0 bridgehead atoms. The van der Waals surface area contributed by atoms with Crippen molar-refractivity contribution in [2.75, 3.05) is 33.2 Å². The standard InChI is InChI=1S/C16H26N4O/c1-12-9-15(10-17-13(12)2)11-18-16(21)14(3)20-7-5-19(4)6-8-20/h9-10,14H,5-8,11H2,1-4H3,(H,18,21)/t14-/m1/s1. The highest BCUT2D eigenvalue weighted by atomic mass is 16.2. The van der Waals surface area contributed by atoms with Crippen molar-refractivity contribution in [3.63, 3.8) is 0 Å². The molecular formula is C16H26N4O. The fourth-order valence-electron chi connectivity index (χ4n) is 2.51. The molecule has 2 rings (SSSR count). The first kappa shape index (κ1) is 15.9. The second-order valence-corrected chi connectivity index (χ2v) is 5.98. The Morgan fingerprint density at radius 1 is 1.33 bits per heavy atom. The molecule has 0 radical (unpaired) electrons. The second-order valence-electron chi connectivity index (χ2n) is 5.98. The third kappa shape index (κ3) is 4.25. The Bertz CT molecular complexity index is 495. The van der Waals surface area contributed by atoms with Gasteiger partial charge in [-0.3, -0.25) is 14.7 Å². The molecule has 0 aliphatic carbocycles. The summed E-state index contributed by atoms with van der Waals surface area (Å²) in [7, 11) is 2.12. The Labute approximate surface area is 127 Å². The zero-order valence-electron chi connectivity index (χ0n) is 13.5. The summed E-state index contributed by atoms with van der Waals surface area (Å²) in [5.74, 6) is 0.0952. The number of carbonyl (C=O) groups is 1. The van der Waals surface area contributed by atoms with Crippen LogP contribution in [0.4, 0.5) is 0 Å². The van der Waals surface area contributed by atoms with Gasteiger partial charge >= 0.3 is 0 Å². The van der Waals surface area contributed by atoms with Gasteiger partial charge in [-0.05, 0) is 38.9 Å². The number of nitrogens with zero attached hydrogens (tertiary/aromatic N) is 3. The summed E-state index contributed by atoms with van der Waals surface area (Å²) in [4.78, 5) is 21.1. The molecule has 21 heavy (non-hydrogen) atoms. The van der Waals surface area contributed by atoms with Crippen molar-refractivity contribution < 1.29 is 4.79 Å². The first-order chi connectivity index (χ1) is 9.97. The molecule has 116 valence electrons. The number of hydrogen-bond donors (Lipinski definition) is 1. The lowest BCUT2D eigenvalue weighted by atomic mass is 10.1. The van der Waals surface area contributed by atoms with Gasteiger partial charge in [0, 0.05) is 44.6 Å². The fraction of sp³-hybridized carbons (Fsp3) is 0.625. The number of rotatable bonds is 4. The van der Waals surface area contributed by atoms with Gasteiger partial charge in [0.05, 0.1) is 6.04 Å². The van der Waals surface area contributed by atoms with Crippen LogP contribution >= 0.6 is 0 Å². The van der Waals surface area contributed by atoms with E-state index in [2.05, 4.69) is 33.2 Å². The lowest BCUT2D eigenvalue weighted by Gasteiger charge is -2.35. The van der Waals surface area contributed by atoms with E-state index in [1.807, 2.05) is 27.0 Å². The van der Waals surface area contributed by atoms with E-state index >= 15 is 0 Å². The lowest BCUT2D eigenvalue weighted by molar-refractivity contribution is -0.126. The third-order valence-electron chi connectivity index (χ3n) is 4.33. The molecule has 1 aromatic rings. The molecule has 5 heteroatoms. The summed E-state index contributed by atoms with van der Waals surface area (Å²) in [5, 5.41) is 3.02. The summed E-state index contributed by atoms with van der Waals surface area (Å²) in [5.41, 5.74) is 3.25. The van der Waals surface area contributed by atoms with Crippen molar-refractivity contribution in [1.82, 2.24) is 20.1 Å². The fourth-order valence-corrected chi connectivity index (χ4v) is 2.51. The van der Waals surface area contributed by atoms with E-state index in [1.165, 1.54) is 0 Å². The summed E-state index contributed by atoms with van der Waals surface area (Å²) >= 11 is 0. The van der Waals surface area contributed by atoms with Gasteiger partial charge < -0.3 is 10.2 Å². The van der Waals surface area contributed by atoms with Crippen LogP contribution < -0.4 is 5.32 Å². The number of amides is 1. The highest BCUT2D eigenvalue weighted by Gasteiger charge is 2.23. The molecule has 2 heterocycles. The Hall–Kier alpha value is -1.46. The summed E-state index contributed by atoms with van der Waals surface area (Å²) in [6.45, 7) is 10.5. The Morgan fingerprint density at radius 3 is 2.62 bits per heavy atom. The average Bonchev–Trinajstić information content (AvgIpc) is 2.48. The summed E-state index contributed by atoms with van der Waals surface area (Å²) < 4.78 is 0. The van der Waals surface area contributed by atoms with Gasteiger partial charge in [0.2, 0.25) is 5.91 Å². The van der Waals surface area contributed by atoms with E-state index in [4.69, 9.17) is 0 Å². The smallest absolute Gasteiger partial charge is 0.237 e. The minimum Gasteiger partial charge on any atom is -0.351 e. The van der Waals surface area contributed by atoms with Crippen LogP contribution in [-0.2, 0) is 11.3 Å². The molecular weight excluding hydrogens is 264 g/mol. The molecule has 1 amide bonds. The molecule has 1 atom stereocenters. The van der Waals surface area contributed by atoms with Gasteiger partial charge in [-0.25, -0.2) is 0 Å². The number of carbonyl (C=O) groups excluding carboxylic acids is 1. The van der Waals surface area contributed by atoms with Crippen molar-refractivity contribution in [2.24, 2.45) is 0 Å². The van der Waals surface area contributed by atoms with Crippen LogP contribution in [0.1, 0.15) is 23.7 Å². The van der Waals surface area contributed by atoms with Crippen LogP contribution in [0.15, 0.2) is 12.3 Å². The highest BCUT2D eigenvalue weighted by Crippen LogP contribution is 2.08. The van der Waals surface area contributed by atoms with Crippen molar-refractivity contribution in [3.05, 3.63) is 29.1 Å². The predicted molar refractivity (Wildman–Crippen MR) is 84.1 cm³/mol. The molecule has 1 saturated heterocycles. The highest BCUT2D eigenvalue weighted by molar-refractivity contribution is 5.81. The second kappa shape index (κ2) is 7.00. The van der Waals surface area contributed by atoms with Crippen molar-refractivity contribution in [1.29, 1.82) is 0 Å². The van der Waals surface area contributed by atoms with Crippen molar-refractivity contribution in [2.45, 2.75) is 33.4 Å². The van der Waals surface area contributed by atoms with Gasteiger partial charge in [0.25, 0.3) is 0 Å². The van der Waals surface area contributed by atoms with Crippen LogP contribution in [0.3, 0.4) is 0 Å². The number of piperazine rings is 1. The summed E-state index contributed by atoms with van der Waals surface area (Å²) in [6.07, 6.45) is 1.84. The van der Waals surface area contributed by atoms with Gasteiger partial charge in [-0.15, -0.1) is 0 Å². The number of aryl methyl sites for hydroxylation is 2. The van der Waals surface area contributed by atoms with Gasteiger partial charge in [0.15, 0.2) is 0 Å². The first-order valence-corrected chi connectivity index (χ1v) is 7.60. The van der Waals surface area contributed by atoms with E-state index in [-0.39, 0.29) is 11.9 Å². The topological polar surface area (TPSA) is 48.5 Å². The van der Waals surface area contributed by atoms with Gasteiger partial charge in [0.1, 0.15) is 0 Å². The van der Waals surface area contributed by atoms with E-state index in [0.717, 1.165) is 43.0 Å². The molecule has 5 nitrogen and oxygen atoms in total. The monoisotopic (exact) mass is 290 g/mol. The number of nitrogens with one attached hydrogen (secondary N) is 1. The Kier molecular flexibility index (Phi) is 5.31. The minimum absolute atomic E-state index is 0.0711. The largest absolute Gasteiger partial charge is 0.351 e. The first-order valence-electron chi connectivity index (χ1n) is 7.60. The zero-order valence-corrected chi connectivity index (χ0v) is 13.5. The van der Waals surface area contributed by atoms with E-state index in [0.29, 0.717) is 6.54 Å². The molecule has 0 spiro atoms. The predicted octanol–water partition coefficient (Wildman–Crippen LogP) is 0.951. The van der Waals surface area contributed by atoms with Crippen LogP contribution in [-0.4, -0.2) is 60.0 Å². The zero-order chi connectivity index (χ0) is 15.4. The number of likely N-dealkylation sites (N-methyl/N-ethyl adjacent to an activating group) is 1. The van der Waals surface area contributed by atoms with Crippen LogP contribution in [0.5, 0.6) is 0 Å². The maximum Gasteiger partial charge on any atom is 0.237 e. The van der Waals surface area contributed by atoms with Gasteiger partial charge in [-0.2, -0.15) is 0 Å². The molecule has 0 aromatic carbocycles. The SMILES string of the molecule is Cc1cc(CNC(=O)[C@@H](C)N2CCN(C)CC2)cnc1C. The van der Waals surface area contributed by atoms with E-state index < -0.39 is 0 Å². The lowest BCUT2D eigenvalue weighted by Crippen LogP contribution is -2.52. The van der Waals surface area contributed by atoms with Crippen LogP contribution in [0.2, 0.25) is 0 Å². The van der Waals surface area contributed by atoms with Crippen molar-refractivity contribution in [3.8, 4) is 0 Å². The van der Waals surface area contributed by atoms with Crippen molar-refractivity contribution >= 4 is 5.91 Å². The third-order valence-corrected chi connectivity index (χ3v) is 4.33. The maximum atomic E-state index is 12.3. The number of aromatic nitrogens is 1. The van der Waals surface area contributed by atoms with Gasteiger partial charge in [-0.1, -0.05) is 6.07 Å². The molecule has 0 unspecified atom stereocenters. The Morgan fingerprint density at radius 2 is 2.00 bits per heavy atom. The molecule has 1 fully saturated rings. The van der Waals surface area contributed by atoms with E-state index in [1.54, 1.807) is 0 Å². The maximum absolute atomic E-state index is 12.3. The quantitative estimate of drug-likeness (QED) is 0.897. The number of hydrogen-bond acceptors (Lipinski definition) is 4. The minimum atomic E-state index is -0.0711. The molecule has 0 saturated carbocycles. The van der Waals surface area contributed by atoms with E-state index in [9.17, 15) is 4.79 Å². The average molecular weight is 290 g/mol. The summed E-state index contributed by atoms with van der Waals surface area (Å²) in [6, 6.07) is 2.02. The Balaban J connectivity index is 1.84. The van der Waals surface area contributed by atoms with Crippen LogP contribution in [0, 0.1) is 13.8 Å². The normalized spacial score (nSPS) is 18.5. The molecule has 1 aliphatic heterocycles. The molecule has 1 aromatic heterocycles. The molecule has 1 N–H and O–H groups in total.